The predicted octanol–water partition coefficient (Wildman–Crippen LogP) is 3.21. The molecular weight excluding hydrogens is 203 g/mol. The predicted molar refractivity (Wildman–Crippen MR) is 72.5 cm³/mol. The van der Waals surface area contributed by atoms with E-state index in [1.807, 2.05) is 0 Å². The SMILES string of the molecule is CCCCCCCCCCCCCCC.[H-].[Na+]. The third kappa shape index (κ3) is 17.4. The molecule has 0 rings (SSSR count). The smallest absolute Gasteiger partial charge is 1.00 e. The Labute approximate surface area is 128 Å². The zero-order valence-corrected chi connectivity index (χ0v) is 14.2. The Balaban J connectivity index is -0.000000980. The molecule has 0 unspecified atom stereocenters. The fourth-order valence-corrected chi connectivity index (χ4v) is 2.09. The van der Waals surface area contributed by atoms with Crippen molar-refractivity contribution in [1.29, 1.82) is 0 Å². The van der Waals surface area contributed by atoms with Gasteiger partial charge < -0.3 is 1.43 Å². The average Bonchev–Trinajstić information content (AvgIpc) is 2.26. The summed E-state index contributed by atoms with van der Waals surface area (Å²) in [5.41, 5.74) is 0. The van der Waals surface area contributed by atoms with Crippen LogP contribution in [0.2, 0.25) is 0 Å². The van der Waals surface area contributed by atoms with E-state index in [0.29, 0.717) is 0 Å². The average molecular weight is 236 g/mol. The first-order valence-electron chi connectivity index (χ1n) is 7.41. The van der Waals surface area contributed by atoms with Crippen LogP contribution in [0.5, 0.6) is 0 Å². The molecule has 0 bridgehead atoms. The molecule has 94 valence electrons. The molecule has 0 aliphatic carbocycles. The molecule has 0 aliphatic rings. The largest absolute Gasteiger partial charge is 1.00 e. The van der Waals surface area contributed by atoms with Gasteiger partial charge in [0.2, 0.25) is 0 Å². The summed E-state index contributed by atoms with van der Waals surface area (Å²) < 4.78 is 0. The van der Waals surface area contributed by atoms with Crippen LogP contribution < -0.4 is 29.6 Å². The summed E-state index contributed by atoms with van der Waals surface area (Å²) in [7, 11) is 0. The van der Waals surface area contributed by atoms with Crippen LogP contribution in [0.25, 0.3) is 0 Å². The van der Waals surface area contributed by atoms with Crippen LogP contribution in [-0.4, -0.2) is 0 Å². The summed E-state index contributed by atoms with van der Waals surface area (Å²) in [4.78, 5) is 0. The molecule has 0 aromatic carbocycles. The van der Waals surface area contributed by atoms with Crippen LogP contribution in [-0.2, 0) is 0 Å². The van der Waals surface area contributed by atoms with Crippen molar-refractivity contribution in [3.8, 4) is 0 Å². The summed E-state index contributed by atoms with van der Waals surface area (Å²) in [6.07, 6.45) is 18.9. The first kappa shape index (κ1) is 19.3. The van der Waals surface area contributed by atoms with E-state index in [0.717, 1.165) is 0 Å². The molecule has 0 radical (unpaired) electrons. The Morgan fingerprint density at radius 2 is 0.625 bits per heavy atom. The van der Waals surface area contributed by atoms with Crippen LogP contribution in [0.15, 0.2) is 0 Å². The molecule has 0 aromatic rings. The maximum absolute atomic E-state index is 2.29. The summed E-state index contributed by atoms with van der Waals surface area (Å²) in [6.45, 7) is 4.58. The minimum absolute atomic E-state index is 0. The number of hydrogen-bond donors (Lipinski definition) is 0. The first-order valence-corrected chi connectivity index (χ1v) is 7.41. The third-order valence-corrected chi connectivity index (χ3v) is 3.21. The molecule has 0 aliphatic heterocycles. The Bertz CT molecular complexity index is 95.1. The van der Waals surface area contributed by atoms with E-state index in [9.17, 15) is 0 Å². The molecule has 0 spiro atoms. The van der Waals surface area contributed by atoms with Crippen molar-refractivity contribution in [2.45, 2.75) is 97.3 Å². The van der Waals surface area contributed by atoms with Crippen LogP contribution >= 0.6 is 0 Å². The van der Waals surface area contributed by atoms with E-state index in [-0.39, 0.29) is 31.0 Å². The molecule has 0 nitrogen and oxygen atoms in total. The molecule has 16 heavy (non-hydrogen) atoms. The molecule has 0 fully saturated rings. The summed E-state index contributed by atoms with van der Waals surface area (Å²) in [6, 6.07) is 0. The van der Waals surface area contributed by atoms with Crippen molar-refractivity contribution in [3.05, 3.63) is 0 Å². The molecule has 0 heterocycles. The van der Waals surface area contributed by atoms with Crippen LogP contribution in [0, 0.1) is 0 Å². The standard InChI is InChI=1S/C15H32.Na.H/c1-3-5-7-9-11-13-15-14-12-10-8-6-4-2;;/h3-15H2,1-2H3;;/q;+1;-1. The Hall–Kier alpha value is 1.00. The van der Waals surface area contributed by atoms with E-state index >= 15 is 0 Å². The maximum Gasteiger partial charge on any atom is 1.00 e. The Morgan fingerprint density at radius 1 is 0.438 bits per heavy atom. The van der Waals surface area contributed by atoms with E-state index in [1.165, 1.54) is 83.5 Å². The Kier molecular flexibility index (Phi) is 22.2. The van der Waals surface area contributed by atoms with Crippen LogP contribution in [0.4, 0.5) is 0 Å². The minimum Gasteiger partial charge on any atom is -1.00 e. The zero-order valence-electron chi connectivity index (χ0n) is 13.2. The molecule has 0 saturated carbocycles. The fourth-order valence-electron chi connectivity index (χ4n) is 2.09. The van der Waals surface area contributed by atoms with Crippen molar-refractivity contribution in [1.82, 2.24) is 0 Å². The van der Waals surface area contributed by atoms with E-state index < -0.39 is 0 Å². The molecule has 1 heteroatoms. The van der Waals surface area contributed by atoms with E-state index in [2.05, 4.69) is 13.8 Å². The Morgan fingerprint density at radius 3 is 0.812 bits per heavy atom. The van der Waals surface area contributed by atoms with Gasteiger partial charge in [0.25, 0.3) is 0 Å². The second kappa shape index (κ2) is 18.4. The summed E-state index contributed by atoms with van der Waals surface area (Å²) in [5.74, 6) is 0. The molecule has 0 N–H and O–H groups in total. The van der Waals surface area contributed by atoms with Crippen LogP contribution in [0.3, 0.4) is 0 Å². The molecule has 0 amide bonds. The molecular formula is C15H33Na. The van der Waals surface area contributed by atoms with Crippen molar-refractivity contribution in [3.63, 3.8) is 0 Å². The van der Waals surface area contributed by atoms with Crippen molar-refractivity contribution in [2.24, 2.45) is 0 Å². The van der Waals surface area contributed by atoms with Crippen molar-refractivity contribution >= 4 is 0 Å². The van der Waals surface area contributed by atoms with Gasteiger partial charge in [0.1, 0.15) is 0 Å². The van der Waals surface area contributed by atoms with Gasteiger partial charge in [0.05, 0.1) is 0 Å². The fraction of sp³-hybridized carbons (Fsp3) is 1.00. The maximum atomic E-state index is 2.29. The van der Waals surface area contributed by atoms with Gasteiger partial charge in [-0.1, -0.05) is 97.3 Å². The van der Waals surface area contributed by atoms with Gasteiger partial charge in [-0.2, -0.15) is 0 Å². The summed E-state index contributed by atoms with van der Waals surface area (Å²) >= 11 is 0. The zero-order chi connectivity index (χ0) is 11.2. The van der Waals surface area contributed by atoms with Crippen LogP contribution in [0.1, 0.15) is 98.7 Å². The van der Waals surface area contributed by atoms with Gasteiger partial charge in [-0.05, 0) is 0 Å². The van der Waals surface area contributed by atoms with Gasteiger partial charge in [0, 0.05) is 0 Å². The van der Waals surface area contributed by atoms with E-state index in [4.69, 9.17) is 0 Å². The second-order valence-corrected chi connectivity index (χ2v) is 4.89. The van der Waals surface area contributed by atoms with Crippen molar-refractivity contribution in [2.75, 3.05) is 0 Å². The molecule has 0 atom stereocenters. The molecule has 0 aromatic heterocycles. The summed E-state index contributed by atoms with van der Waals surface area (Å²) in [5, 5.41) is 0. The first-order chi connectivity index (χ1) is 7.41. The van der Waals surface area contributed by atoms with Gasteiger partial charge in [0.15, 0.2) is 0 Å². The molecule has 0 saturated heterocycles. The van der Waals surface area contributed by atoms with Gasteiger partial charge in [-0.25, -0.2) is 0 Å². The monoisotopic (exact) mass is 236 g/mol. The van der Waals surface area contributed by atoms with Gasteiger partial charge in [-0.15, -0.1) is 0 Å². The number of hydrogen-bond acceptors (Lipinski definition) is 0. The van der Waals surface area contributed by atoms with Crippen molar-refractivity contribution < 1.29 is 31.0 Å². The van der Waals surface area contributed by atoms with E-state index in [1.54, 1.807) is 0 Å². The van der Waals surface area contributed by atoms with Gasteiger partial charge >= 0.3 is 29.6 Å². The third-order valence-electron chi connectivity index (χ3n) is 3.21. The second-order valence-electron chi connectivity index (χ2n) is 4.89. The quantitative estimate of drug-likeness (QED) is 0.360. The van der Waals surface area contributed by atoms with Gasteiger partial charge in [-0.3, -0.25) is 0 Å². The number of rotatable bonds is 12. The number of unbranched alkanes of at least 4 members (excludes halogenated alkanes) is 12. The normalized spacial score (nSPS) is 10.1. The minimum atomic E-state index is 0. The topological polar surface area (TPSA) is 0 Å².